The molecule has 1 fully saturated rings. The van der Waals surface area contributed by atoms with Crippen molar-refractivity contribution in [2.45, 2.75) is 77.2 Å². The predicted molar refractivity (Wildman–Crippen MR) is 81.2 cm³/mol. The SMILES string of the molecule is C=C1OC(=O)C(=CCCCCCCCCCCC)[C@@H]1O. The molecule has 0 amide bonds. The molecule has 1 N–H and O–H groups in total. The Morgan fingerprint density at radius 1 is 1.10 bits per heavy atom. The van der Waals surface area contributed by atoms with Gasteiger partial charge in [-0.2, -0.15) is 0 Å². The van der Waals surface area contributed by atoms with Crippen molar-refractivity contribution in [3.8, 4) is 0 Å². The lowest BCUT2D eigenvalue weighted by Gasteiger charge is -2.01. The minimum atomic E-state index is -0.930. The summed E-state index contributed by atoms with van der Waals surface area (Å²) in [6, 6.07) is 0. The Balaban J connectivity index is 2.02. The van der Waals surface area contributed by atoms with Gasteiger partial charge in [0.1, 0.15) is 11.9 Å². The van der Waals surface area contributed by atoms with Crippen LogP contribution in [-0.2, 0) is 9.53 Å². The molecule has 20 heavy (non-hydrogen) atoms. The second-order valence-corrected chi connectivity index (χ2v) is 5.53. The molecule has 0 radical (unpaired) electrons. The van der Waals surface area contributed by atoms with E-state index in [2.05, 4.69) is 13.5 Å². The zero-order valence-electron chi connectivity index (χ0n) is 12.7. The lowest BCUT2D eigenvalue weighted by atomic mass is 10.0. The van der Waals surface area contributed by atoms with Crippen LogP contribution in [0.4, 0.5) is 0 Å². The maximum absolute atomic E-state index is 11.4. The summed E-state index contributed by atoms with van der Waals surface area (Å²) in [5, 5.41) is 9.66. The Kier molecular flexibility index (Phi) is 8.28. The number of hydrogen-bond donors (Lipinski definition) is 1. The van der Waals surface area contributed by atoms with Gasteiger partial charge in [0.2, 0.25) is 0 Å². The highest BCUT2D eigenvalue weighted by molar-refractivity contribution is 5.93. The van der Waals surface area contributed by atoms with Crippen LogP contribution in [0.15, 0.2) is 24.0 Å². The highest BCUT2D eigenvalue weighted by Gasteiger charge is 2.32. The van der Waals surface area contributed by atoms with Gasteiger partial charge in [-0.05, 0) is 12.8 Å². The van der Waals surface area contributed by atoms with Gasteiger partial charge in [-0.25, -0.2) is 4.79 Å². The number of cyclic esters (lactones) is 1. The molecule has 1 aliphatic rings. The smallest absolute Gasteiger partial charge is 0.341 e. The number of carbonyl (C=O) groups excluding carboxylic acids is 1. The first kappa shape index (κ1) is 17.0. The molecule has 0 aliphatic carbocycles. The second kappa shape index (κ2) is 9.76. The van der Waals surface area contributed by atoms with E-state index in [-0.39, 0.29) is 5.76 Å². The summed E-state index contributed by atoms with van der Waals surface area (Å²) in [5.41, 5.74) is 0.356. The molecule has 1 aliphatic heterocycles. The summed E-state index contributed by atoms with van der Waals surface area (Å²) < 4.78 is 4.78. The summed E-state index contributed by atoms with van der Waals surface area (Å²) in [6.45, 7) is 5.74. The average Bonchev–Trinajstić information content (AvgIpc) is 2.67. The van der Waals surface area contributed by atoms with Crippen molar-refractivity contribution in [3.05, 3.63) is 24.0 Å². The van der Waals surface area contributed by atoms with Crippen LogP contribution in [0.5, 0.6) is 0 Å². The molecule has 0 bridgehead atoms. The van der Waals surface area contributed by atoms with E-state index < -0.39 is 12.1 Å². The standard InChI is InChI=1S/C17H28O3/c1-3-4-5-6-7-8-9-10-11-12-13-15-16(18)14(2)20-17(15)19/h13,16,18H,2-12H2,1H3/t16-/m1/s1. The van der Waals surface area contributed by atoms with E-state index in [0.29, 0.717) is 5.57 Å². The van der Waals surface area contributed by atoms with E-state index in [4.69, 9.17) is 4.74 Å². The molecule has 0 aromatic rings. The Morgan fingerprint density at radius 2 is 1.65 bits per heavy atom. The Morgan fingerprint density at radius 3 is 2.15 bits per heavy atom. The molecular formula is C17H28O3. The molecular weight excluding hydrogens is 252 g/mol. The van der Waals surface area contributed by atoms with Crippen LogP contribution < -0.4 is 0 Å². The van der Waals surface area contributed by atoms with E-state index in [0.717, 1.165) is 12.8 Å². The lowest BCUT2D eigenvalue weighted by molar-refractivity contribution is -0.132. The third-order valence-corrected chi connectivity index (χ3v) is 3.73. The van der Waals surface area contributed by atoms with Crippen molar-refractivity contribution in [2.24, 2.45) is 0 Å². The van der Waals surface area contributed by atoms with Crippen LogP contribution in [-0.4, -0.2) is 17.2 Å². The van der Waals surface area contributed by atoms with Crippen molar-refractivity contribution < 1.29 is 14.6 Å². The van der Waals surface area contributed by atoms with Gasteiger partial charge in [0.15, 0.2) is 0 Å². The van der Waals surface area contributed by atoms with Gasteiger partial charge in [-0.1, -0.05) is 70.9 Å². The molecule has 0 unspecified atom stereocenters. The summed E-state index contributed by atoms with van der Waals surface area (Å²) in [6.07, 6.45) is 13.2. The summed E-state index contributed by atoms with van der Waals surface area (Å²) in [7, 11) is 0. The summed E-state index contributed by atoms with van der Waals surface area (Å²) in [4.78, 5) is 11.4. The number of ether oxygens (including phenoxy) is 1. The van der Waals surface area contributed by atoms with Gasteiger partial charge in [-0.3, -0.25) is 0 Å². The van der Waals surface area contributed by atoms with Crippen molar-refractivity contribution in [2.75, 3.05) is 0 Å². The lowest BCUT2D eigenvalue weighted by Crippen LogP contribution is -2.07. The van der Waals surface area contributed by atoms with Gasteiger partial charge in [0.05, 0.1) is 5.57 Å². The molecule has 3 heteroatoms. The van der Waals surface area contributed by atoms with Gasteiger partial charge >= 0.3 is 5.97 Å². The quantitative estimate of drug-likeness (QED) is 0.369. The van der Waals surface area contributed by atoms with Gasteiger partial charge < -0.3 is 9.84 Å². The van der Waals surface area contributed by atoms with E-state index in [9.17, 15) is 9.90 Å². The average molecular weight is 280 g/mol. The fourth-order valence-electron chi connectivity index (χ4n) is 2.43. The van der Waals surface area contributed by atoms with E-state index in [1.165, 1.54) is 51.4 Å². The molecule has 0 saturated carbocycles. The highest BCUT2D eigenvalue weighted by Crippen LogP contribution is 2.23. The van der Waals surface area contributed by atoms with E-state index in [1.807, 2.05) is 0 Å². The molecule has 1 heterocycles. The fourth-order valence-corrected chi connectivity index (χ4v) is 2.43. The number of aliphatic hydroxyl groups excluding tert-OH is 1. The highest BCUT2D eigenvalue weighted by atomic mass is 16.6. The van der Waals surface area contributed by atoms with Crippen molar-refractivity contribution in [1.29, 1.82) is 0 Å². The fraction of sp³-hybridized carbons (Fsp3) is 0.706. The van der Waals surface area contributed by atoms with Crippen LogP contribution in [0.1, 0.15) is 71.1 Å². The minimum Gasteiger partial charge on any atom is -0.425 e. The van der Waals surface area contributed by atoms with Crippen LogP contribution >= 0.6 is 0 Å². The molecule has 0 spiro atoms. The maximum atomic E-state index is 11.4. The number of unbranched alkanes of at least 4 members (excludes halogenated alkanes) is 9. The number of aliphatic hydroxyl groups is 1. The van der Waals surface area contributed by atoms with Crippen LogP contribution in [0.25, 0.3) is 0 Å². The first-order valence-electron chi connectivity index (χ1n) is 7.96. The maximum Gasteiger partial charge on any atom is 0.341 e. The van der Waals surface area contributed by atoms with E-state index in [1.54, 1.807) is 6.08 Å². The molecule has 0 aromatic carbocycles. The zero-order chi connectivity index (χ0) is 14.8. The van der Waals surface area contributed by atoms with Gasteiger partial charge in [0.25, 0.3) is 0 Å². The van der Waals surface area contributed by atoms with Crippen molar-refractivity contribution >= 4 is 5.97 Å². The first-order valence-corrected chi connectivity index (χ1v) is 7.96. The summed E-state index contributed by atoms with van der Waals surface area (Å²) in [5.74, 6) is -0.299. The number of hydrogen-bond acceptors (Lipinski definition) is 3. The Bertz CT molecular complexity index is 344. The number of allylic oxidation sites excluding steroid dienone is 1. The van der Waals surface area contributed by atoms with E-state index >= 15 is 0 Å². The minimum absolute atomic E-state index is 0.147. The topological polar surface area (TPSA) is 46.5 Å². The van der Waals surface area contributed by atoms with Crippen molar-refractivity contribution in [1.82, 2.24) is 0 Å². The largest absolute Gasteiger partial charge is 0.425 e. The molecule has 0 aromatic heterocycles. The van der Waals surface area contributed by atoms with Crippen LogP contribution in [0, 0.1) is 0 Å². The third-order valence-electron chi connectivity index (χ3n) is 3.73. The van der Waals surface area contributed by atoms with Crippen LogP contribution in [0.2, 0.25) is 0 Å². The molecule has 1 saturated heterocycles. The van der Waals surface area contributed by atoms with Crippen molar-refractivity contribution in [3.63, 3.8) is 0 Å². The molecule has 1 atom stereocenters. The Hall–Kier alpha value is -1.09. The molecule has 1 rings (SSSR count). The predicted octanol–water partition coefficient (Wildman–Crippen LogP) is 4.27. The van der Waals surface area contributed by atoms with Gasteiger partial charge in [-0.15, -0.1) is 0 Å². The zero-order valence-corrected chi connectivity index (χ0v) is 12.7. The van der Waals surface area contributed by atoms with Crippen LogP contribution in [0.3, 0.4) is 0 Å². The number of esters is 1. The molecule has 3 nitrogen and oxygen atoms in total. The second-order valence-electron chi connectivity index (χ2n) is 5.53. The monoisotopic (exact) mass is 280 g/mol. The number of rotatable bonds is 10. The molecule has 114 valence electrons. The summed E-state index contributed by atoms with van der Waals surface area (Å²) >= 11 is 0. The first-order chi connectivity index (χ1) is 9.66. The van der Waals surface area contributed by atoms with Gasteiger partial charge in [0, 0.05) is 0 Å². The Labute approximate surface area is 122 Å². The number of carbonyl (C=O) groups is 1. The third kappa shape index (κ3) is 5.91. The normalized spacial score (nSPS) is 20.7.